The molecular formula is C17H18ClFN2O2S. The summed E-state index contributed by atoms with van der Waals surface area (Å²) in [5, 5.41) is 0. The second-order valence-corrected chi connectivity index (χ2v) is 8.48. The van der Waals surface area contributed by atoms with Crippen LogP contribution in [0.4, 0.5) is 10.1 Å². The van der Waals surface area contributed by atoms with Gasteiger partial charge >= 0.3 is 0 Å². The van der Waals surface area contributed by atoms with E-state index in [1.54, 1.807) is 18.2 Å². The highest BCUT2D eigenvalue weighted by atomic mass is 35.7. The van der Waals surface area contributed by atoms with Gasteiger partial charge in [0, 0.05) is 36.9 Å². The van der Waals surface area contributed by atoms with Gasteiger partial charge in [-0.25, -0.2) is 12.8 Å². The number of piperazine rings is 1. The van der Waals surface area contributed by atoms with Gasteiger partial charge in [-0.3, -0.25) is 0 Å². The Kier molecular flexibility index (Phi) is 4.80. The van der Waals surface area contributed by atoms with Gasteiger partial charge in [0.25, 0.3) is 9.05 Å². The summed E-state index contributed by atoms with van der Waals surface area (Å²) < 4.78 is 37.1. The van der Waals surface area contributed by atoms with Crippen molar-refractivity contribution in [2.24, 2.45) is 0 Å². The molecule has 0 aromatic heterocycles. The number of nitrogens with zero attached hydrogens (tertiary/aromatic N) is 2. The molecule has 1 aliphatic rings. The summed E-state index contributed by atoms with van der Waals surface area (Å²) in [5.41, 5.74) is 2.04. The maximum absolute atomic E-state index is 14.5. The lowest BCUT2D eigenvalue weighted by Gasteiger charge is -2.34. The van der Waals surface area contributed by atoms with Gasteiger partial charge in [-0.2, -0.15) is 0 Å². The van der Waals surface area contributed by atoms with Crippen molar-refractivity contribution in [3.05, 3.63) is 48.3 Å². The molecule has 0 saturated carbocycles. The molecule has 0 unspecified atom stereocenters. The van der Waals surface area contributed by atoms with E-state index in [1.807, 2.05) is 11.0 Å². The van der Waals surface area contributed by atoms with Crippen molar-refractivity contribution < 1.29 is 12.8 Å². The summed E-state index contributed by atoms with van der Waals surface area (Å²) in [7, 11) is 3.61. The molecule has 1 saturated heterocycles. The third-order valence-electron chi connectivity index (χ3n) is 4.26. The van der Waals surface area contributed by atoms with Crippen LogP contribution in [0.25, 0.3) is 11.1 Å². The van der Waals surface area contributed by atoms with Crippen LogP contribution in [-0.4, -0.2) is 46.5 Å². The zero-order valence-corrected chi connectivity index (χ0v) is 14.8. The first-order valence-corrected chi connectivity index (χ1v) is 9.94. The van der Waals surface area contributed by atoms with Crippen LogP contribution >= 0.6 is 10.7 Å². The maximum atomic E-state index is 14.5. The summed E-state index contributed by atoms with van der Waals surface area (Å²) in [6.07, 6.45) is 0. The van der Waals surface area contributed by atoms with Crippen molar-refractivity contribution in [3.63, 3.8) is 0 Å². The van der Waals surface area contributed by atoms with Crippen LogP contribution in [0.15, 0.2) is 47.4 Å². The van der Waals surface area contributed by atoms with E-state index in [-0.39, 0.29) is 10.7 Å². The van der Waals surface area contributed by atoms with E-state index in [0.29, 0.717) is 11.3 Å². The predicted octanol–water partition coefficient (Wildman–Crippen LogP) is 3.17. The van der Waals surface area contributed by atoms with E-state index in [0.717, 1.165) is 31.7 Å². The number of hydrogen-bond acceptors (Lipinski definition) is 4. The molecule has 24 heavy (non-hydrogen) atoms. The van der Waals surface area contributed by atoms with Crippen LogP contribution in [0.5, 0.6) is 0 Å². The number of anilines is 1. The summed E-state index contributed by atoms with van der Waals surface area (Å²) in [5.74, 6) is -0.272. The topological polar surface area (TPSA) is 40.6 Å². The number of hydrogen-bond donors (Lipinski definition) is 0. The number of likely N-dealkylation sites (N-methyl/N-ethyl adjacent to an activating group) is 1. The van der Waals surface area contributed by atoms with Gasteiger partial charge in [0.05, 0.1) is 10.6 Å². The highest BCUT2D eigenvalue weighted by Crippen LogP contribution is 2.28. The molecule has 0 N–H and O–H groups in total. The Balaban J connectivity index is 1.84. The van der Waals surface area contributed by atoms with E-state index in [9.17, 15) is 12.8 Å². The van der Waals surface area contributed by atoms with E-state index in [4.69, 9.17) is 10.7 Å². The molecule has 1 fully saturated rings. The van der Waals surface area contributed by atoms with Crippen molar-refractivity contribution in [1.29, 1.82) is 0 Å². The van der Waals surface area contributed by atoms with Gasteiger partial charge in [0.15, 0.2) is 0 Å². The average Bonchev–Trinajstić information content (AvgIpc) is 2.55. The lowest BCUT2D eigenvalue weighted by Crippen LogP contribution is -2.44. The van der Waals surface area contributed by atoms with Crippen LogP contribution in [0, 0.1) is 5.82 Å². The van der Waals surface area contributed by atoms with Crippen LogP contribution < -0.4 is 4.90 Å². The predicted molar refractivity (Wildman–Crippen MR) is 94.6 cm³/mol. The molecule has 0 bridgehead atoms. The lowest BCUT2D eigenvalue weighted by molar-refractivity contribution is 0.311. The van der Waals surface area contributed by atoms with Crippen molar-refractivity contribution >= 4 is 25.4 Å². The van der Waals surface area contributed by atoms with Crippen molar-refractivity contribution in [2.75, 3.05) is 38.1 Å². The molecule has 1 heterocycles. The van der Waals surface area contributed by atoms with E-state index in [1.165, 1.54) is 18.2 Å². The van der Waals surface area contributed by atoms with E-state index >= 15 is 0 Å². The Hall–Kier alpha value is -1.63. The van der Waals surface area contributed by atoms with Crippen molar-refractivity contribution in [3.8, 4) is 11.1 Å². The van der Waals surface area contributed by atoms with Crippen LogP contribution in [-0.2, 0) is 9.05 Å². The Labute approximate surface area is 145 Å². The van der Waals surface area contributed by atoms with E-state index < -0.39 is 9.05 Å². The Morgan fingerprint density at radius 1 is 0.958 bits per heavy atom. The zero-order valence-electron chi connectivity index (χ0n) is 13.2. The highest BCUT2D eigenvalue weighted by Gasteiger charge is 2.18. The van der Waals surface area contributed by atoms with Gasteiger partial charge < -0.3 is 9.80 Å². The molecule has 1 aliphatic heterocycles. The highest BCUT2D eigenvalue weighted by molar-refractivity contribution is 8.13. The second kappa shape index (κ2) is 6.70. The third kappa shape index (κ3) is 3.71. The molecule has 2 aromatic rings. The van der Waals surface area contributed by atoms with Crippen LogP contribution in [0.2, 0.25) is 0 Å². The lowest BCUT2D eigenvalue weighted by atomic mass is 10.0. The maximum Gasteiger partial charge on any atom is 0.261 e. The van der Waals surface area contributed by atoms with Gasteiger partial charge in [-0.1, -0.05) is 18.2 Å². The van der Waals surface area contributed by atoms with Crippen molar-refractivity contribution in [1.82, 2.24) is 4.90 Å². The molecule has 128 valence electrons. The zero-order chi connectivity index (χ0) is 17.3. The molecule has 7 heteroatoms. The Bertz CT molecular complexity index is 832. The first kappa shape index (κ1) is 17.2. The quantitative estimate of drug-likeness (QED) is 0.780. The van der Waals surface area contributed by atoms with Crippen LogP contribution in [0.1, 0.15) is 0 Å². The second-order valence-electron chi connectivity index (χ2n) is 5.92. The summed E-state index contributed by atoms with van der Waals surface area (Å²) >= 11 is 0. The average molecular weight is 369 g/mol. The molecular weight excluding hydrogens is 351 g/mol. The first-order chi connectivity index (χ1) is 11.3. The standard InChI is InChI=1S/C17H18ClFN2O2S/c1-20-8-10-21(11-9-20)17-7-4-14(12-16(17)19)13-2-5-15(6-3-13)24(18,22)23/h2-7,12H,8-11H2,1H3. The van der Waals surface area contributed by atoms with Gasteiger partial charge in [-0.15, -0.1) is 0 Å². The molecule has 0 amide bonds. The largest absolute Gasteiger partial charge is 0.367 e. The molecule has 2 aromatic carbocycles. The molecule has 0 atom stereocenters. The minimum absolute atomic E-state index is 0.0300. The molecule has 0 aliphatic carbocycles. The Morgan fingerprint density at radius 3 is 2.08 bits per heavy atom. The SMILES string of the molecule is CN1CCN(c2ccc(-c3ccc(S(=O)(=O)Cl)cc3)cc2F)CC1. The fourth-order valence-electron chi connectivity index (χ4n) is 2.80. The first-order valence-electron chi connectivity index (χ1n) is 7.63. The fourth-order valence-corrected chi connectivity index (χ4v) is 3.57. The molecule has 4 nitrogen and oxygen atoms in total. The van der Waals surface area contributed by atoms with Gasteiger partial charge in [0.2, 0.25) is 0 Å². The minimum Gasteiger partial charge on any atom is -0.367 e. The monoisotopic (exact) mass is 368 g/mol. The van der Waals surface area contributed by atoms with Gasteiger partial charge in [0.1, 0.15) is 5.82 Å². The number of rotatable bonds is 3. The van der Waals surface area contributed by atoms with Crippen molar-refractivity contribution in [2.45, 2.75) is 4.90 Å². The summed E-state index contributed by atoms with van der Waals surface area (Å²) in [4.78, 5) is 4.29. The smallest absolute Gasteiger partial charge is 0.261 e. The summed E-state index contributed by atoms with van der Waals surface area (Å²) in [6.45, 7) is 3.43. The third-order valence-corrected chi connectivity index (χ3v) is 5.63. The molecule has 3 rings (SSSR count). The summed E-state index contributed by atoms with van der Waals surface area (Å²) in [6, 6.07) is 11.2. The Morgan fingerprint density at radius 2 is 1.54 bits per heavy atom. The van der Waals surface area contributed by atoms with Crippen LogP contribution in [0.3, 0.4) is 0 Å². The normalized spacial score (nSPS) is 16.4. The molecule has 0 radical (unpaired) electrons. The number of benzene rings is 2. The fraction of sp³-hybridized carbons (Fsp3) is 0.294. The number of halogens is 2. The van der Waals surface area contributed by atoms with E-state index in [2.05, 4.69) is 11.9 Å². The minimum atomic E-state index is -3.75. The van der Waals surface area contributed by atoms with Gasteiger partial charge in [-0.05, 0) is 42.4 Å². The molecule has 0 spiro atoms.